The molecule has 0 aliphatic carbocycles. The maximum atomic E-state index is 13.5. The molecule has 8 heteroatoms. The average molecular weight is 475 g/mol. The van der Waals surface area contributed by atoms with Crippen molar-refractivity contribution in [3.8, 4) is 0 Å². The number of anilines is 3. The van der Waals surface area contributed by atoms with Gasteiger partial charge in [0.1, 0.15) is 5.84 Å². The monoisotopic (exact) mass is 474 g/mol. The first kappa shape index (κ1) is 22.3. The number of aryl methyl sites for hydroxylation is 1. The number of para-hydroxylation sites is 1. The number of hydrogen-bond donors (Lipinski definition) is 2. The van der Waals surface area contributed by atoms with E-state index in [1.807, 2.05) is 55.5 Å². The van der Waals surface area contributed by atoms with Crippen LogP contribution in [-0.2, 0) is 0 Å². The molecular weight excluding hydrogens is 448 g/mol. The number of nitrogens with one attached hydrogen (secondary N) is 1. The van der Waals surface area contributed by atoms with Gasteiger partial charge in [-0.2, -0.15) is 0 Å². The summed E-state index contributed by atoms with van der Waals surface area (Å²) in [4.78, 5) is 23.1. The second-order valence-corrected chi connectivity index (χ2v) is 9.13. The minimum absolute atomic E-state index is 0.283. The fraction of sp³-hybridized carbons (Fsp3) is 0.231. The zero-order chi connectivity index (χ0) is 23.8. The molecule has 1 amide bonds. The summed E-state index contributed by atoms with van der Waals surface area (Å²) in [5.74, 6) is 0.591. The molecule has 0 bridgehead atoms. The number of nitrogens with two attached hydrogens (primary N) is 1. The van der Waals surface area contributed by atoms with Gasteiger partial charge < -0.3 is 15.5 Å². The van der Waals surface area contributed by atoms with Gasteiger partial charge in [-0.1, -0.05) is 35.9 Å². The van der Waals surface area contributed by atoms with E-state index >= 15 is 0 Å². The van der Waals surface area contributed by atoms with Crippen LogP contribution in [0.1, 0.15) is 21.5 Å². The Morgan fingerprint density at radius 3 is 2.53 bits per heavy atom. The first-order valence-electron chi connectivity index (χ1n) is 11.3. The Kier molecular flexibility index (Phi) is 5.89. The molecular formula is C26H27ClN6O. The first-order valence-corrected chi connectivity index (χ1v) is 11.7. The van der Waals surface area contributed by atoms with Gasteiger partial charge in [0.2, 0.25) is 0 Å². The third-order valence-corrected chi connectivity index (χ3v) is 6.57. The number of rotatable bonds is 2. The molecule has 0 spiro atoms. The highest BCUT2D eigenvalue weighted by Crippen LogP contribution is 2.40. The molecule has 2 aliphatic rings. The predicted molar refractivity (Wildman–Crippen MR) is 138 cm³/mol. The Labute approximate surface area is 204 Å². The van der Waals surface area contributed by atoms with Gasteiger partial charge in [0.05, 0.1) is 22.6 Å². The van der Waals surface area contributed by atoms with E-state index in [1.165, 1.54) is 0 Å². The number of nitrogen functional groups attached to an aromatic ring is 1. The molecule has 2 heterocycles. The number of piperazine rings is 1. The van der Waals surface area contributed by atoms with Gasteiger partial charge in [-0.3, -0.25) is 15.2 Å². The zero-order valence-corrected chi connectivity index (χ0v) is 20.0. The number of hydrogen-bond acceptors (Lipinski definition) is 6. The largest absolute Gasteiger partial charge is 0.398 e. The smallest absolute Gasteiger partial charge is 0.272 e. The number of amidine groups is 1. The summed E-state index contributed by atoms with van der Waals surface area (Å²) in [5.41, 5.74) is 14.2. The highest BCUT2D eigenvalue weighted by Gasteiger charge is 2.29. The van der Waals surface area contributed by atoms with E-state index in [9.17, 15) is 4.79 Å². The van der Waals surface area contributed by atoms with Crippen LogP contribution in [0.4, 0.5) is 22.7 Å². The van der Waals surface area contributed by atoms with E-state index in [2.05, 4.69) is 22.3 Å². The molecule has 3 aromatic rings. The lowest BCUT2D eigenvalue weighted by Gasteiger charge is -2.35. The zero-order valence-electron chi connectivity index (χ0n) is 19.3. The summed E-state index contributed by atoms with van der Waals surface area (Å²) in [6.45, 7) is 5.52. The maximum absolute atomic E-state index is 13.5. The van der Waals surface area contributed by atoms with Crippen LogP contribution in [0, 0.1) is 6.92 Å². The fourth-order valence-electron chi connectivity index (χ4n) is 4.47. The van der Waals surface area contributed by atoms with Gasteiger partial charge in [0.25, 0.3) is 5.91 Å². The van der Waals surface area contributed by atoms with Gasteiger partial charge in [0.15, 0.2) is 0 Å². The van der Waals surface area contributed by atoms with E-state index in [0.717, 1.165) is 54.5 Å². The van der Waals surface area contributed by atoms with Gasteiger partial charge in [-0.25, -0.2) is 4.99 Å². The van der Waals surface area contributed by atoms with E-state index in [0.29, 0.717) is 22.0 Å². The average Bonchev–Trinajstić information content (AvgIpc) is 2.94. The number of benzene rings is 3. The molecule has 1 saturated heterocycles. The van der Waals surface area contributed by atoms with Crippen molar-refractivity contribution in [1.82, 2.24) is 15.2 Å². The number of halogens is 1. The summed E-state index contributed by atoms with van der Waals surface area (Å²) >= 11 is 6.37. The number of carbonyl (C=O) groups excluding carboxylic acids is 1. The van der Waals surface area contributed by atoms with Crippen molar-refractivity contribution in [3.05, 3.63) is 82.4 Å². The normalized spacial score (nSPS) is 15.8. The Hall–Kier alpha value is -3.55. The topological polar surface area (TPSA) is 77.2 Å². The van der Waals surface area contributed by atoms with Crippen LogP contribution in [-0.4, -0.2) is 54.8 Å². The second-order valence-electron chi connectivity index (χ2n) is 8.69. The molecule has 0 atom stereocenters. The van der Waals surface area contributed by atoms with Crippen molar-refractivity contribution >= 4 is 46.1 Å². The molecule has 34 heavy (non-hydrogen) atoms. The van der Waals surface area contributed by atoms with Crippen LogP contribution in [0.25, 0.3) is 0 Å². The molecule has 0 aromatic heterocycles. The molecule has 5 rings (SSSR count). The molecule has 3 aromatic carbocycles. The Bertz CT molecular complexity index is 1260. The highest BCUT2D eigenvalue weighted by atomic mass is 35.5. The SMILES string of the molecule is Cc1cccc(N)c1C(=O)NN1c2ccc(Cl)cc2N=C(N2CCN(C)CC2)c2ccccc21. The van der Waals surface area contributed by atoms with E-state index in [4.69, 9.17) is 22.3 Å². The summed E-state index contributed by atoms with van der Waals surface area (Å²) in [6.07, 6.45) is 0. The number of amides is 1. The summed E-state index contributed by atoms with van der Waals surface area (Å²) in [7, 11) is 2.13. The third-order valence-electron chi connectivity index (χ3n) is 6.34. The van der Waals surface area contributed by atoms with Gasteiger partial charge >= 0.3 is 0 Å². The van der Waals surface area contributed by atoms with Crippen molar-refractivity contribution in [3.63, 3.8) is 0 Å². The first-order chi connectivity index (χ1) is 16.4. The summed E-state index contributed by atoms with van der Waals surface area (Å²) in [6, 6.07) is 19.0. The van der Waals surface area contributed by atoms with Crippen LogP contribution in [0.15, 0.2) is 65.7 Å². The van der Waals surface area contributed by atoms with Crippen LogP contribution in [0.5, 0.6) is 0 Å². The minimum atomic E-state index is -0.283. The molecule has 0 unspecified atom stereocenters. The van der Waals surface area contributed by atoms with Crippen molar-refractivity contribution in [2.75, 3.05) is 44.0 Å². The standard InChI is InChI=1S/C26H27ClN6O/c1-17-6-5-8-20(28)24(17)26(34)30-33-22-9-4-3-7-19(22)25(32-14-12-31(2)13-15-32)29-21-16-18(27)10-11-23(21)33/h3-11,16H,12-15,28H2,1-2H3,(H,30,34). The fourth-order valence-corrected chi connectivity index (χ4v) is 4.64. The molecule has 1 fully saturated rings. The van der Waals surface area contributed by atoms with Gasteiger partial charge in [0, 0.05) is 42.5 Å². The van der Waals surface area contributed by atoms with Crippen molar-refractivity contribution in [2.45, 2.75) is 6.92 Å². The molecule has 3 N–H and O–H groups in total. The number of fused-ring (bicyclic) bond motifs is 2. The Morgan fingerprint density at radius 1 is 1.00 bits per heavy atom. The third kappa shape index (κ3) is 4.08. The summed E-state index contributed by atoms with van der Waals surface area (Å²) < 4.78 is 0. The number of hydrazine groups is 1. The Morgan fingerprint density at radius 2 is 1.76 bits per heavy atom. The Balaban J connectivity index is 1.63. The van der Waals surface area contributed by atoms with Gasteiger partial charge in [-0.15, -0.1) is 0 Å². The van der Waals surface area contributed by atoms with Crippen LogP contribution < -0.4 is 16.2 Å². The van der Waals surface area contributed by atoms with E-state index < -0.39 is 0 Å². The van der Waals surface area contributed by atoms with Crippen LogP contribution in [0.2, 0.25) is 5.02 Å². The van der Waals surface area contributed by atoms with E-state index in [-0.39, 0.29) is 5.91 Å². The second kappa shape index (κ2) is 9.00. The predicted octanol–water partition coefficient (Wildman–Crippen LogP) is 4.35. The molecule has 0 radical (unpaired) electrons. The molecule has 2 aliphatic heterocycles. The number of carbonyl (C=O) groups is 1. The van der Waals surface area contributed by atoms with Gasteiger partial charge in [-0.05, 0) is 55.9 Å². The maximum Gasteiger partial charge on any atom is 0.272 e. The lowest BCUT2D eigenvalue weighted by atomic mass is 10.1. The highest BCUT2D eigenvalue weighted by molar-refractivity contribution is 6.31. The molecule has 174 valence electrons. The molecule has 0 saturated carbocycles. The lowest BCUT2D eigenvalue weighted by molar-refractivity contribution is 0.0954. The number of likely N-dealkylation sites (N-methyl/N-ethyl adjacent to an activating group) is 1. The van der Waals surface area contributed by atoms with Crippen LogP contribution in [0.3, 0.4) is 0 Å². The summed E-state index contributed by atoms with van der Waals surface area (Å²) in [5, 5.41) is 2.38. The molecule has 7 nitrogen and oxygen atoms in total. The number of aliphatic imine (C=N–C) groups is 1. The number of nitrogens with zero attached hydrogens (tertiary/aromatic N) is 4. The van der Waals surface area contributed by atoms with Crippen molar-refractivity contribution < 1.29 is 4.79 Å². The van der Waals surface area contributed by atoms with Crippen molar-refractivity contribution in [1.29, 1.82) is 0 Å². The quantitative estimate of drug-likeness (QED) is 0.540. The lowest BCUT2D eigenvalue weighted by Crippen LogP contribution is -2.47. The van der Waals surface area contributed by atoms with Crippen molar-refractivity contribution in [2.24, 2.45) is 4.99 Å². The van der Waals surface area contributed by atoms with E-state index in [1.54, 1.807) is 17.1 Å². The minimum Gasteiger partial charge on any atom is -0.398 e. The van der Waals surface area contributed by atoms with Crippen LogP contribution >= 0.6 is 11.6 Å².